The maximum absolute atomic E-state index is 11.4. The Bertz CT molecular complexity index is 218. The van der Waals surface area contributed by atoms with Crippen LogP contribution in [-0.4, -0.2) is 38.2 Å². The van der Waals surface area contributed by atoms with Crippen LogP contribution in [0.25, 0.3) is 0 Å². The van der Waals surface area contributed by atoms with Gasteiger partial charge in [0.2, 0.25) is 5.60 Å². The number of rotatable bonds is 2. The number of piperidine rings is 1. The molecule has 0 spiro atoms. The number of hydrogen-bond acceptors (Lipinski definition) is 4. The standard InChI is InChI=1S/C8H13NO4/c1-12-7(11)8(13-2)4-3-5-9-6(8)10/h3-5H2,1-2H3,(H,9,10). The second kappa shape index (κ2) is 3.74. The first-order chi connectivity index (χ1) is 6.17. The number of esters is 1. The topological polar surface area (TPSA) is 64.6 Å². The Kier molecular flexibility index (Phi) is 2.87. The molecule has 1 aliphatic rings. The zero-order valence-corrected chi connectivity index (χ0v) is 7.75. The van der Waals surface area contributed by atoms with Gasteiger partial charge in [-0.05, 0) is 12.8 Å². The third-order valence-corrected chi connectivity index (χ3v) is 2.22. The highest BCUT2D eigenvalue weighted by atomic mass is 16.6. The van der Waals surface area contributed by atoms with Crippen LogP contribution in [0, 0.1) is 0 Å². The van der Waals surface area contributed by atoms with Crippen LogP contribution in [0.2, 0.25) is 0 Å². The van der Waals surface area contributed by atoms with Gasteiger partial charge in [0.25, 0.3) is 5.91 Å². The molecule has 1 amide bonds. The molecule has 0 bridgehead atoms. The summed E-state index contributed by atoms with van der Waals surface area (Å²) >= 11 is 0. The molecule has 1 N–H and O–H groups in total. The number of methoxy groups -OCH3 is 2. The van der Waals surface area contributed by atoms with E-state index in [9.17, 15) is 9.59 Å². The van der Waals surface area contributed by atoms with E-state index in [2.05, 4.69) is 10.1 Å². The van der Waals surface area contributed by atoms with Gasteiger partial charge in [0.15, 0.2) is 0 Å². The van der Waals surface area contributed by atoms with Gasteiger partial charge in [-0.25, -0.2) is 4.79 Å². The molecular formula is C8H13NO4. The van der Waals surface area contributed by atoms with Gasteiger partial charge in [-0.1, -0.05) is 0 Å². The summed E-state index contributed by atoms with van der Waals surface area (Å²) in [6.45, 7) is 0.584. The first-order valence-electron chi connectivity index (χ1n) is 4.09. The summed E-state index contributed by atoms with van der Waals surface area (Å²) in [6.07, 6.45) is 1.09. The van der Waals surface area contributed by atoms with Gasteiger partial charge >= 0.3 is 5.97 Å². The monoisotopic (exact) mass is 187 g/mol. The Morgan fingerprint density at radius 3 is 2.69 bits per heavy atom. The van der Waals surface area contributed by atoms with E-state index in [0.29, 0.717) is 19.4 Å². The molecule has 0 aromatic rings. The number of amides is 1. The lowest BCUT2D eigenvalue weighted by Crippen LogP contribution is -2.57. The molecular weight excluding hydrogens is 174 g/mol. The molecule has 0 saturated carbocycles. The lowest BCUT2D eigenvalue weighted by Gasteiger charge is -2.31. The van der Waals surface area contributed by atoms with Crippen LogP contribution >= 0.6 is 0 Å². The van der Waals surface area contributed by atoms with Crippen LogP contribution < -0.4 is 5.32 Å². The van der Waals surface area contributed by atoms with E-state index in [-0.39, 0.29) is 0 Å². The van der Waals surface area contributed by atoms with Crippen LogP contribution in [0.3, 0.4) is 0 Å². The fourth-order valence-corrected chi connectivity index (χ4v) is 1.43. The van der Waals surface area contributed by atoms with E-state index in [4.69, 9.17) is 4.74 Å². The second-order valence-corrected chi connectivity index (χ2v) is 2.88. The Balaban J connectivity index is 2.88. The summed E-state index contributed by atoms with van der Waals surface area (Å²) in [5, 5.41) is 2.57. The van der Waals surface area contributed by atoms with Crippen molar-refractivity contribution in [2.45, 2.75) is 18.4 Å². The molecule has 13 heavy (non-hydrogen) atoms. The molecule has 5 heteroatoms. The van der Waals surface area contributed by atoms with Crippen molar-refractivity contribution in [3.63, 3.8) is 0 Å². The molecule has 0 aromatic carbocycles. The van der Waals surface area contributed by atoms with Crippen molar-refractivity contribution in [3.8, 4) is 0 Å². The lowest BCUT2D eigenvalue weighted by molar-refractivity contribution is -0.175. The van der Waals surface area contributed by atoms with Crippen LogP contribution in [0.1, 0.15) is 12.8 Å². The maximum atomic E-state index is 11.4. The molecule has 0 aliphatic carbocycles. The van der Waals surface area contributed by atoms with E-state index in [0.717, 1.165) is 0 Å². The summed E-state index contributed by atoms with van der Waals surface area (Å²) in [6, 6.07) is 0. The lowest BCUT2D eigenvalue weighted by atomic mass is 9.93. The van der Waals surface area contributed by atoms with Gasteiger partial charge < -0.3 is 14.8 Å². The summed E-state index contributed by atoms with van der Waals surface area (Å²) in [5.74, 6) is -1.04. The smallest absolute Gasteiger partial charge is 0.348 e. The predicted octanol–water partition coefficient (Wildman–Crippen LogP) is -0.545. The van der Waals surface area contributed by atoms with E-state index < -0.39 is 17.5 Å². The number of ether oxygens (including phenoxy) is 2. The van der Waals surface area contributed by atoms with Gasteiger partial charge in [-0.3, -0.25) is 4.79 Å². The normalized spacial score (nSPS) is 28.0. The maximum Gasteiger partial charge on any atom is 0.348 e. The highest BCUT2D eigenvalue weighted by Gasteiger charge is 2.48. The van der Waals surface area contributed by atoms with Crippen LogP contribution in [0.15, 0.2) is 0 Å². The van der Waals surface area contributed by atoms with Crippen molar-refractivity contribution < 1.29 is 19.1 Å². The average molecular weight is 187 g/mol. The molecule has 1 saturated heterocycles. The summed E-state index contributed by atoms with van der Waals surface area (Å²) in [7, 11) is 2.58. The van der Waals surface area contributed by atoms with Gasteiger partial charge in [-0.2, -0.15) is 0 Å². The second-order valence-electron chi connectivity index (χ2n) is 2.88. The molecule has 74 valence electrons. The third kappa shape index (κ3) is 1.51. The Labute approximate surface area is 76.4 Å². The van der Waals surface area contributed by atoms with E-state index >= 15 is 0 Å². The van der Waals surface area contributed by atoms with E-state index in [1.807, 2.05) is 0 Å². The third-order valence-electron chi connectivity index (χ3n) is 2.22. The van der Waals surface area contributed by atoms with Crippen molar-refractivity contribution in [3.05, 3.63) is 0 Å². The van der Waals surface area contributed by atoms with Gasteiger partial charge in [0.05, 0.1) is 7.11 Å². The molecule has 0 aromatic heterocycles. The molecule has 1 fully saturated rings. The predicted molar refractivity (Wildman–Crippen MR) is 44.0 cm³/mol. The molecule has 0 radical (unpaired) electrons. The quantitative estimate of drug-likeness (QED) is 0.465. The first kappa shape index (κ1) is 9.98. The highest BCUT2D eigenvalue weighted by molar-refractivity contribution is 6.06. The average Bonchev–Trinajstić information content (AvgIpc) is 2.18. The molecule has 5 nitrogen and oxygen atoms in total. The Morgan fingerprint density at radius 2 is 2.23 bits per heavy atom. The summed E-state index contributed by atoms with van der Waals surface area (Å²) in [4.78, 5) is 22.7. The largest absolute Gasteiger partial charge is 0.466 e. The fourth-order valence-electron chi connectivity index (χ4n) is 1.43. The SMILES string of the molecule is COC(=O)C1(OC)CCCNC1=O. The van der Waals surface area contributed by atoms with Crippen LogP contribution in [0.4, 0.5) is 0 Å². The Hall–Kier alpha value is -1.10. The van der Waals surface area contributed by atoms with Gasteiger partial charge in [0, 0.05) is 13.7 Å². The minimum absolute atomic E-state index is 0.377. The van der Waals surface area contributed by atoms with E-state index in [1.165, 1.54) is 14.2 Å². The molecule has 1 atom stereocenters. The van der Waals surface area contributed by atoms with Crippen LogP contribution in [0.5, 0.6) is 0 Å². The highest BCUT2D eigenvalue weighted by Crippen LogP contribution is 2.22. The van der Waals surface area contributed by atoms with Crippen molar-refractivity contribution in [2.75, 3.05) is 20.8 Å². The molecule has 1 heterocycles. The Morgan fingerprint density at radius 1 is 1.54 bits per heavy atom. The minimum Gasteiger partial charge on any atom is -0.466 e. The number of nitrogens with one attached hydrogen (secondary N) is 1. The van der Waals surface area contributed by atoms with Crippen molar-refractivity contribution in [2.24, 2.45) is 0 Å². The zero-order valence-electron chi connectivity index (χ0n) is 7.75. The number of carbonyl (C=O) groups excluding carboxylic acids is 2. The van der Waals surface area contributed by atoms with Crippen molar-refractivity contribution >= 4 is 11.9 Å². The summed E-state index contributed by atoms with van der Waals surface area (Å²) in [5.41, 5.74) is -1.42. The van der Waals surface area contributed by atoms with Gasteiger partial charge in [-0.15, -0.1) is 0 Å². The van der Waals surface area contributed by atoms with Gasteiger partial charge in [0.1, 0.15) is 0 Å². The van der Waals surface area contributed by atoms with Crippen LogP contribution in [-0.2, 0) is 19.1 Å². The van der Waals surface area contributed by atoms with Crippen molar-refractivity contribution in [1.29, 1.82) is 0 Å². The summed E-state index contributed by atoms with van der Waals surface area (Å²) < 4.78 is 9.49. The van der Waals surface area contributed by atoms with Crippen molar-refractivity contribution in [1.82, 2.24) is 5.32 Å². The molecule has 1 aliphatic heterocycles. The molecule has 1 rings (SSSR count). The zero-order chi connectivity index (χ0) is 9.90. The van der Waals surface area contributed by atoms with E-state index in [1.54, 1.807) is 0 Å². The first-order valence-corrected chi connectivity index (χ1v) is 4.09. The minimum atomic E-state index is -1.42. The number of hydrogen-bond donors (Lipinski definition) is 1. The number of carbonyl (C=O) groups is 2. The fraction of sp³-hybridized carbons (Fsp3) is 0.750. The molecule has 1 unspecified atom stereocenters.